The molecule has 1 spiro atoms. The third-order valence-corrected chi connectivity index (χ3v) is 14.6. The summed E-state index contributed by atoms with van der Waals surface area (Å²) in [5.74, 6) is -0.896. The number of alkyl halides is 3. The zero-order valence-corrected chi connectivity index (χ0v) is 42.6. The number of amides is 1. The number of likely N-dealkylation sites (N-methyl/N-ethyl adjacent to an activating group) is 1. The molecule has 3 N–H and O–H groups in total. The molecular formula is C53H56ClF4N9O7. The third-order valence-electron chi connectivity index (χ3n) is 14.3. The Morgan fingerprint density at radius 2 is 1.78 bits per heavy atom. The first-order valence-electron chi connectivity index (χ1n) is 24.4. The van der Waals surface area contributed by atoms with Gasteiger partial charge >= 0.3 is 12.2 Å². The molecule has 2 atom stereocenters. The van der Waals surface area contributed by atoms with E-state index in [0.29, 0.717) is 61.5 Å². The molecule has 0 radical (unpaired) electrons. The van der Waals surface area contributed by atoms with Crippen LogP contribution in [0.2, 0.25) is 5.02 Å². The molecule has 3 saturated heterocycles. The standard InChI is InChI=1S/C51H50ClF4N9O7.C2H6/c1-6-29-30-13-28(9-10-36(30)58-43-33(29)16-65-37(43)15-31(38(67)17-66)34(20-70-5)48(65)69)71-18-26(3)47(68)64-23-50(24-64)21-63(22-50)46-32-14-35(52)40(45-41(51(54,55)56)25(2)12-39(57)59-45)42(53)44(32)60-49(61-46)72-19-27-8-7-11-62(27)4;1-2/h9-10,12-15,17,27,38,67H,3,6-8,11,16,18-24H2,1-2,4-5H3,(H2,57,59);1-2H3. The van der Waals surface area contributed by atoms with Gasteiger partial charge in [0.1, 0.15) is 42.2 Å². The third kappa shape index (κ3) is 9.19. The summed E-state index contributed by atoms with van der Waals surface area (Å²) in [5.41, 5.74) is 6.24. The average Bonchev–Trinajstić information content (AvgIpc) is 3.93. The van der Waals surface area contributed by atoms with Crippen molar-refractivity contribution in [3.05, 3.63) is 103 Å². The Bertz CT molecular complexity index is 3320. The quantitative estimate of drug-likeness (QED) is 0.0608. The maximum Gasteiger partial charge on any atom is 0.418 e. The van der Waals surface area contributed by atoms with Crippen LogP contribution < -0.4 is 25.7 Å². The van der Waals surface area contributed by atoms with Crippen LogP contribution in [0.3, 0.4) is 0 Å². The number of aryl methyl sites for hydroxylation is 2. The molecular weight excluding hydrogens is 986 g/mol. The van der Waals surface area contributed by atoms with Gasteiger partial charge in [-0.25, -0.2) is 14.4 Å². The van der Waals surface area contributed by atoms with Crippen molar-refractivity contribution < 1.29 is 46.5 Å². The molecule has 4 aliphatic rings. The molecule has 16 nitrogen and oxygen atoms in total. The highest BCUT2D eigenvalue weighted by Crippen LogP contribution is 2.48. The Labute approximate surface area is 428 Å². The fourth-order valence-corrected chi connectivity index (χ4v) is 11.1. The highest BCUT2D eigenvalue weighted by molar-refractivity contribution is 6.34. The van der Waals surface area contributed by atoms with Crippen LogP contribution in [-0.2, 0) is 40.1 Å². The Morgan fingerprint density at radius 1 is 1.04 bits per heavy atom. The number of hydrogen-bond acceptors (Lipinski definition) is 14. The van der Waals surface area contributed by atoms with E-state index in [1.54, 1.807) is 27.7 Å². The number of aromatic nitrogens is 5. The number of nitrogen functional groups attached to an aromatic ring is 1. The number of aliphatic hydroxyl groups is 1. The van der Waals surface area contributed by atoms with Crippen molar-refractivity contribution in [3.8, 4) is 34.4 Å². The van der Waals surface area contributed by atoms with E-state index < -0.39 is 34.9 Å². The average molecular weight is 1040 g/mol. The number of rotatable bonds is 14. The second-order valence-electron chi connectivity index (χ2n) is 19.2. The van der Waals surface area contributed by atoms with E-state index in [1.165, 1.54) is 20.1 Å². The van der Waals surface area contributed by atoms with Crippen molar-refractivity contribution in [3.63, 3.8) is 0 Å². The van der Waals surface area contributed by atoms with E-state index in [1.807, 2.05) is 38.8 Å². The molecule has 10 rings (SSSR count). The van der Waals surface area contributed by atoms with E-state index in [0.717, 1.165) is 42.0 Å². The molecule has 0 bridgehead atoms. The van der Waals surface area contributed by atoms with Crippen LogP contribution in [0.25, 0.3) is 44.5 Å². The molecule has 0 aliphatic carbocycles. The number of aliphatic hydroxyl groups excluding tert-OH is 1. The van der Waals surface area contributed by atoms with Gasteiger partial charge in [0, 0.05) is 77.8 Å². The highest BCUT2D eigenvalue weighted by Gasteiger charge is 2.54. The first kappa shape index (κ1) is 52.1. The Morgan fingerprint density at radius 3 is 2.45 bits per heavy atom. The number of carbonyl (C=O) groups is 2. The fraction of sp³-hybridized carbons (Fsp3) is 0.415. The zero-order chi connectivity index (χ0) is 53.1. The first-order valence-corrected chi connectivity index (χ1v) is 24.8. The van der Waals surface area contributed by atoms with Crippen LogP contribution in [0.5, 0.6) is 11.8 Å². The number of halogens is 5. The number of anilines is 2. The SMILES string of the molecule is C=C(COc1ccc2nc3c(c(CC)c2c1)Cn1c-3cc(C(O)C=O)c(COC)c1=O)C(=O)N1CC2(C1)CN(c1nc(OCC3CCCN3C)nc3c(F)c(-c4nc(N)cc(C)c4C(F)(F)F)c(Cl)cc13)C2.CC. The largest absolute Gasteiger partial charge is 0.489 e. The lowest BCUT2D eigenvalue weighted by molar-refractivity contribution is -0.141. The topological polar surface area (TPSA) is 191 Å². The van der Waals surface area contributed by atoms with E-state index >= 15 is 4.39 Å². The monoisotopic (exact) mass is 1040 g/mol. The molecule has 8 heterocycles. The van der Waals surface area contributed by atoms with Crippen molar-refractivity contribution >= 4 is 57.2 Å². The molecule has 2 unspecified atom stereocenters. The smallest absolute Gasteiger partial charge is 0.418 e. The molecule has 6 aromatic rings. The summed E-state index contributed by atoms with van der Waals surface area (Å²) >= 11 is 6.67. The first-order chi connectivity index (χ1) is 35.3. The van der Waals surface area contributed by atoms with E-state index in [9.17, 15) is 32.7 Å². The lowest BCUT2D eigenvalue weighted by Crippen LogP contribution is -2.73. The lowest BCUT2D eigenvalue weighted by atomic mass is 9.72. The lowest BCUT2D eigenvalue weighted by Gasteiger charge is -2.60. The van der Waals surface area contributed by atoms with Crippen LogP contribution in [0.1, 0.15) is 73.1 Å². The van der Waals surface area contributed by atoms with Gasteiger partial charge < -0.3 is 49.1 Å². The zero-order valence-electron chi connectivity index (χ0n) is 41.8. The maximum absolute atomic E-state index is 16.9. The van der Waals surface area contributed by atoms with Gasteiger partial charge in [0.15, 0.2) is 12.1 Å². The van der Waals surface area contributed by atoms with Gasteiger partial charge in [0.05, 0.1) is 51.9 Å². The summed E-state index contributed by atoms with van der Waals surface area (Å²) in [5, 5.41) is 11.1. The summed E-state index contributed by atoms with van der Waals surface area (Å²) in [6, 6.07) is 9.32. The van der Waals surface area contributed by atoms with Crippen molar-refractivity contribution in [1.29, 1.82) is 0 Å². The van der Waals surface area contributed by atoms with Crippen LogP contribution in [0, 0.1) is 18.2 Å². The predicted molar refractivity (Wildman–Crippen MR) is 272 cm³/mol. The molecule has 2 aromatic carbocycles. The van der Waals surface area contributed by atoms with Gasteiger partial charge in [0.2, 0.25) is 0 Å². The van der Waals surface area contributed by atoms with Crippen LogP contribution in [0.15, 0.2) is 53.3 Å². The minimum absolute atomic E-state index is 0.0606. The Balaban J connectivity index is 0.00000332. The number of fused-ring (bicyclic) bond motifs is 5. The van der Waals surface area contributed by atoms with E-state index in [2.05, 4.69) is 21.4 Å². The van der Waals surface area contributed by atoms with Crippen molar-refractivity contribution in [1.82, 2.24) is 34.3 Å². The number of nitrogens with zero attached hydrogens (tertiary/aromatic N) is 8. The minimum Gasteiger partial charge on any atom is -0.489 e. The number of ether oxygens (including phenoxy) is 3. The number of methoxy groups -OCH3 is 1. The minimum atomic E-state index is -4.91. The second kappa shape index (κ2) is 20.2. The number of benzene rings is 2. The number of hydrogen-bond donors (Lipinski definition) is 2. The van der Waals surface area contributed by atoms with Gasteiger partial charge in [-0.1, -0.05) is 39.0 Å². The molecule has 4 aromatic heterocycles. The number of likely N-dealkylation sites (tertiary alicyclic amines) is 2. The van der Waals surface area contributed by atoms with Gasteiger partial charge in [-0.2, -0.15) is 23.1 Å². The Hall–Kier alpha value is -6.74. The molecule has 3 fully saturated rings. The second-order valence-corrected chi connectivity index (χ2v) is 19.6. The summed E-state index contributed by atoms with van der Waals surface area (Å²) in [7, 11) is 3.40. The summed E-state index contributed by atoms with van der Waals surface area (Å²) < 4.78 is 79.3. The van der Waals surface area contributed by atoms with Crippen LogP contribution in [0.4, 0.5) is 29.2 Å². The number of aldehydes is 1. The predicted octanol–water partition coefficient (Wildman–Crippen LogP) is 7.86. The van der Waals surface area contributed by atoms with E-state index in [4.69, 9.17) is 41.5 Å². The number of nitrogens with two attached hydrogens (primary N) is 1. The fourth-order valence-electron chi connectivity index (χ4n) is 10.8. The van der Waals surface area contributed by atoms with Gasteiger partial charge in [-0.05, 0) is 87.3 Å². The number of carbonyl (C=O) groups excluding carboxylic acids is 2. The molecule has 4 aliphatic heterocycles. The molecule has 74 heavy (non-hydrogen) atoms. The molecule has 0 saturated carbocycles. The summed E-state index contributed by atoms with van der Waals surface area (Å²) in [6.07, 6.45) is -3.59. The van der Waals surface area contributed by atoms with Crippen molar-refractivity contribution in [2.75, 3.05) is 70.7 Å². The normalized spacial score (nSPS) is 17.1. The van der Waals surface area contributed by atoms with Gasteiger partial charge in [0.25, 0.3) is 11.5 Å². The van der Waals surface area contributed by atoms with Crippen molar-refractivity contribution in [2.24, 2.45) is 5.41 Å². The van der Waals surface area contributed by atoms with Gasteiger partial charge in [-0.3, -0.25) is 9.59 Å². The van der Waals surface area contributed by atoms with Crippen LogP contribution >= 0.6 is 11.6 Å². The molecule has 390 valence electrons. The highest BCUT2D eigenvalue weighted by atomic mass is 35.5. The molecule has 21 heteroatoms. The summed E-state index contributed by atoms with van der Waals surface area (Å²) in [6.45, 7) is 14.0. The van der Waals surface area contributed by atoms with Crippen LogP contribution in [-0.4, -0.2) is 118 Å². The van der Waals surface area contributed by atoms with Crippen molar-refractivity contribution in [2.45, 2.75) is 78.4 Å². The Kier molecular flexibility index (Phi) is 14.2. The molecule has 1 amide bonds. The summed E-state index contributed by atoms with van der Waals surface area (Å²) in [4.78, 5) is 62.6. The number of pyridine rings is 3. The van der Waals surface area contributed by atoms with E-state index in [-0.39, 0.29) is 105 Å². The maximum atomic E-state index is 16.9. The van der Waals surface area contributed by atoms with Gasteiger partial charge in [-0.15, -0.1) is 0 Å².